The van der Waals surface area contributed by atoms with Crippen LogP contribution < -0.4 is 5.73 Å². The van der Waals surface area contributed by atoms with E-state index in [0.29, 0.717) is 0 Å². The Kier molecular flexibility index (Phi) is 5.11. The predicted molar refractivity (Wildman–Crippen MR) is 41.2 cm³/mol. The molecule has 2 atom stereocenters. The van der Waals surface area contributed by atoms with Gasteiger partial charge in [-0.3, -0.25) is 4.79 Å². The van der Waals surface area contributed by atoms with Crippen LogP contribution in [0.25, 0.3) is 0 Å². The minimum atomic E-state index is -2.06. The van der Waals surface area contributed by atoms with Gasteiger partial charge in [0.2, 0.25) is 0 Å². The molecule has 0 bridgehead atoms. The highest BCUT2D eigenvalue weighted by Crippen LogP contribution is 2.19. The van der Waals surface area contributed by atoms with Crippen molar-refractivity contribution in [2.45, 2.75) is 12.5 Å². The normalized spacial score (nSPS) is 15.8. The predicted octanol–water partition coefficient (Wildman–Crippen LogP) is -0.702. The van der Waals surface area contributed by atoms with Gasteiger partial charge < -0.3 is 20.5 Å². The monoisotopic (exact) mass is 181 g/mol. The summed E-state index contributed by atoms with van der Waals surface area (Å²) in [6.45, 7) is 0. The van der Waals surface area contributed by atoms with Crippen molar-refractivity contribution < 1.29 is 19.6 Å². The molecule has 0 aliphatic heterocycles. The van der Waals surface area contributed by atoms with Crippen molar-refractivity contribution in [1.29, 1.82) is 0 Å². The molecule has 0 fully saturated rings. The molecule has 0 aliphatic rings. The lowest BCUT2D eigenvalue weighted by Gasteiger charge is -2.05. The minimum absolute atomic E-state index is 0.105. The number of nitrogens with two attached hydrogens (primary N) is 1. The number of hydrogen-bond donors (Lipinski definition) is 3. The third-order valence-electron chi connectivity index (χ3n) is 1.10. The number of aliphatic carboxylic acids is 1. The Morgan fingerprint density at radius 3 is 2.55 bits per heavy atom. The van der Waals surface area contributed by atoms with Crippen molar-refractivity contribution >= 4 is 13.8 Å². The zero-order chi connectivity index (χ0) is 8.85. The Morgan fingerprint density at radius 1 is 1.64 bits per heavy atom. The van der Waals surface area contributed by atoms with E-state index in [1.54, 1.807) is 0 Å². The number of hydrogen-bond acceptors (Lipinski definition) is 4. The van der Waals surface area contributed by atoms with E-state index in [9.17, 15) is 9.36 Å². The summed E-state index contributed by atoms with van der Waals surface area (Å²) < 4.78 is 10.7. The lowest BCUT2D eigenvalue weighted by Crippen LogP contribution is -2.26. The van der Waals surface area contributed by atoms with Gasteiger partial charge in [-0.15, -0.1) is 0 Å². The topological polar surface area (TPSA) is 101 Å². The van der Waals surface area contributed by atoms with Crippen LogP contribution in [0, 0.1) is 0 Å². The molecule has 4 N–H and O–H groups in total. The molecule has 66 valence electrons. The fourth-order valence-corrected chi connectivity index (χ4v) is 1.51. The third-order valence-corrected chi connectivity index (χ3v) is 2.44. The number of carboxylic acids is 1. The van der Waals surface area contributed by atoms with Crippen molar-refractivity contribution in [1.82, 2.24) is 0 Å². The molecular formula is C5H12NO4P. The molecule has 0 rings (SSSR count). The molecular weight excluding hydrogens is 169 g/mol. The highest BCUT2D eigenvalue weighted by atomic mass is 31.1. The second-order valence-electron chi connectivity index (χ2n) is 2.26. The van der Waals surface area contributed by atoms with Crippen LogP contribution in [0.1, 0.15) is 6.42 Å². The SMILES string of the molecule is NC(CC(=O)O)C[PH](=O)CO. The van der Waals surface area contributed by atoms with E-state index < -0.39 is 26.2 Å². The van der Waals surface area contributed by atoms with E-state index in [0.717, 1.165) is 0 Å². The Balaban J connectivity index is 3.60. The van der Waals surface area contributed by atoms with Crippen LogP contribution in [0.5, 0.6) is 0 Å². The molecule has 5 nitrogen and oxygen atoms in total. The van der Waals surface area contributed by atoms with Crippen molar-refractivity contribution in [2.75, 3.05) is 12.5 Å². The average molecular weight is 181 g/mol. The molecule has 0 spiro atoms. The van der Waals surface area contributed by atoms with Crippen LogP contribution in [0.4, 0.5) is 0 Å². The van der Waals surface area contributed by atoms with E-state index in [4.69, 9.17) is 15.9 Å². The van der Waals surface area contributed by atoms with Gasteiger partial charge in [0.15, 0.2) is 0 Å². The zero-order valence-corrected chi connectivity index (χ0v) is 6.99. The Morgan fingerprint density at radius 2 is 2.18 bits per heavy atom. The molecule has 0 saturated heterocycles. The van der Waals surface area contributed by atoms with Gasteiger partial charge in [-0.05, 0) is 0 Å². The van der Waals surface area contributed by atoms with Crippen molar-refractivity contribution in [3.8, 4) is 0 Å². The van der Waals surface area contributed by atoms with E-state index in [2.05, 4.69) is 0 Å². The first-order valence-corrected chi connectivity index (χ1v) is 4.98. The second kappa shape index (κ2) is 5.29. The average Bonchev–Trinajstić information content (AvgIpc) is 1.85. The van der Waals surface area contributed by atoms with E-state index in [1.807, 2.05) is 0 Å². The fraction of sp³-hybridized carbons (Fsp3) is 0.800. The summed E-state index contributed by atoms with van der Waals surface area (Å²) >= 11 is 0. The second-order valence-corrected chi connectivity index (χ2v) is 4.06. The van der Waals surface area contributed by atoms with Crippen LogP contribution in [0.2, 0.25) is 0 Å². The smallest absolute Gasteiger partial charge is 0.304 e. The number of aliphatic hydroxyl groups excluding tert-OH is 1. The summed E-state index contributed by atoms with van der Waals surface area (Å²) in [4.78, 5) is 10.0. The van der Waals surface area contributed by atoms with Crippen molar-refractivity contribution in [2.24, 2.45) is 5.73 Å². The standard InChI is InChI=1S/C5H12NO4P/c6-4(1-5(8)9)2-11(10)3-7/h4,7,11H,1-3,6H2,(H,8,9). The summed E-state index contributed by atoms with van der Waals surface area (Å²) in [7, 11) is -2.06. The highest BCUT2D eigenvalue weighted by Gasteiger charge is 2.10. The summed E-state index contributed by atoms with van der Waals surface area (Å²) in [5, 5.41) is 16.6. The Bertz CT molecular complexity index is 161. The molecule has 6 heteroatoms. The van der Waals surface area contributed by atoms with Gasteiger partial charge in [0, 0.05) is 12.2 Å². The maximum Gasteiger partial charge on any atom is 0.304 e. The summed E-state index contributed by atoms with van der Waals surface area (Å²) in [6.07, 6.45) is -0.484. The van der Waals surface area contributed by atoms with Gasteiger partial charge in [-0.2, -0.15) is 0 Å². The molecule has 11 heavy (non-hydrogen) atoms. The first kappa shape index (κ1) is 10.6. The lowest BCUT2D eigenvalue weighted by atomic mass is 10.2. The molecule has 2 unspecified atom stereocenters. The number of carboxylic acid groups (broad SMARTS) is 1. The number of aliphatic hydroxyl groups is 1. The minimum Gasteiger partial charge on any atom is -0.481 e. The maximum absolute atomic E-state index is 10.7. The van der Waals surface area contributed by atoms with Crippen LogP contribution in [-0.4, -0.2) is 34.7 Å². The molecule has 0 aromatic carbocycles. The Labute approximate surface area is 65.0 Å². The number of carbonyl (C=O) groups is 1. The van der Waals surface area contributed by atoms with Crippen LogP contribution in [0.15, 0.2) is 0 Å². The van der Waals surface area contributed by atoms with Crippen LogP contribution in [-0.2, 0) is 9.36 Å². The largest absolute Gasteiger partial charge is 0.481 e. The lowest BCUT2D eigenvalue weighted by molar-refractivity contribution is -0.137. The van der Waals surface area contributed by atoms with Gasteiger partial charge in [-0.25, -0.2) is 0 Å². The molecule has 0 aromatic rings. The van der Waals surface area contributed by atoms with Crippen LogP contribution in [0.3, 0.4) is 0 Å². The third kappa shape index (κ3) is 6.04. The van der Waals surface area contributed by atoms with Crippen molar-refractivity contribution in [3.05, 3.63) is 0 Å². The van der Waals surface area contributed by atoms with Gasteiger partial charge in [0.05, 0.1) is 12.8 Å². The first-order valence-electron chi connectivity index (χ1n) is 3.16. The molecule has 0 aromatic heterocycles. The molecule has 0 saturated carbocycles. The van der Waals surface area contributed by atoms with Gasteiger partial charge in [0.1, 0.15) is 7.80 Å². The maximum atomic E-state index is 10.7. The summed E-state index contributed by atoms with van der Waals surface area (Å²) in [6, 6.07) is -0.606. The summed E-state index contributed by atoms with van der Waals surface area (Å²) in [5.74, 6) is -1.01. The number of rotatable bonds is 5. The van der Waals surface area contributed by atoms with Gasteiger partial charge >= 0.3 is 5.97 Å². The molecule has 0 heterocycles. The molecule has 0 amide bonds. The quantitative estimate of drug-likeness (QED) is 0.487. The first-order chi connectivity index (χ1) is 5.06. The summed E-state index contributed by atoms with van der Waals surface area (Å²) in [5.41, 5.74) is 5.28. The van der Waals surface area contributed by atoms with Gasteiger partial charge in [-0.1, -0.05) is 0 Å². The fourth-order valence-electron chi connectivity index (χ4n) is 0.653. The van der Waals surface area contributed by atoms with Gasteiger partial charge in [0.25, 0.3) is 0 Å². The Hall–Kier alpha value is -0.380. The highest BCUT2D eigenvalue weighted by molar-refractivity contribution is 7.44. The van der Waals surface area contributed by atoms with E-state index in [-0.39, 0.29) is 12.6 Å². The van der Waals surface area contributed by atoms with Crippen molar-refractivity contribution in [3.63, 3.8) is 0 Å². The molecule has 0 radical (unpaired) electrons. The van der Waals surface area contributed by atoms with Crippen LogP contribution >= 0.6 is 7.80 Å². The van der Waals surface area contributed by atoms with E-state index >= 15 is 0 Å². The molecule has 0 aliphatic carbocycles. The van der Waals surface area contributed by atoms with E-state index in [1.165, 1.54) is 0 Å². The zero-order valence-electron chi connectivity index (χ0n) is 5.99.